The Morgan fingerprint density at radius 2 is 1.94 bits per heavy atom. The SMILES string of the molecule is CCC[C@@]1(O)CC[C@@]2(Cc3ccccc3)c3ccc(Oc4cccc(C#N)n4)cc3CC[C@@H]2C1. The molecule has 3 aromatic rings. The Balaban J connectivity index is 1.50. The minimum atomic E-state index is -0.530. The van der Waals surface area contributed by atoms with Crippen molar-refractivity contribution in [3.05, 3.63) is 89.1 Å². The summed E-state index contributed by atoms with van der Waals surface area (Å²) in [4.78, 5) is 4.26. The molecule has 0 spiro atoms. The van der Waals surface area contributed by atoms with Crippen molar-refractivity contribution in [1.29, 1.82) is 5.26 Å². The molecule has 0 bridgehead atoms. The summed E-state index contributed by atoms with van der Waals surface area (Å²) < 4.78 is 6.04. The first-order chi connectivity index (χ1) is 16.5. The number of aliphatic hydroxyl groups is 1. The molecule has 3 atom stereocenters. The average Bonchev–Trinajstić information content (AvgIpc) is 2.85. The third kappa shape index (κ3) is 4.33. The van der Waals surface area contributed by atoms with E-state index in [0.717, 1.165) is 57.1 Å². The van der Waals surface area contributed by atoms with Crippen LogP contribution in [-0.2, 0) is 18.3 Å². The number of hydrogen-bond acceptors (Lipinski definition) is 4. The first-order valence-corrected chi connectivity index (χ1v) is 12.5. The van der Waals surface area contributed by atoms with E-state index in [9.17, 15) is 5.11 Å². The van der Waals surface area contributed by atoms with E-state index in [1.54, 1.807) is 18.2 Å². The summed E-state index contributed by atoms with van der Waals surface area (Å²) in [5, 5.41) is 20.5. The summed E-state index contributed by atoms with van der Waals surface area (Å²) in [5.74, 6) is 1.66. The van der Waals surface area contributed by atoms with Gasteiger partial charge in [0.25, 0.3) is 0 Å². The number of pyridine rings is 1. The Morgan fingerprint density at radius 3 is 2.74 bits per heavy atom. The molecular formula is C30H32N2O2. The van der Waals surface area contributed by atoms with Crippen LogP contribution in [0, 0.1) is 17.2 Å². The maximum absolute atomic E-state index is 11.3. The van der Waals surface area contributed by atoms with Crippen LogP contribution in [0.1, 0.15) is 67.8 Å². The average molecular weight is 453 g/mol. The molecular weight excluding hydrogens is 420 g/mol. The van der Waals surface area contributed by atoms with E-state index in [-0.39, 0.29) is 5.41 Å². The number of nitriles is 1. The molecule has 0 unspecified atom stereocenters. The first-order valence-electron chi connectivity index (χ1n) is 12.5. The van der Waals surface area contributed by atoms with E-state index < -0.39 is 5.60 Å². The van der Waals surface area contributed by atoms with Crippen LogP contribution in [0.3, 0.4) is 0 Å². The predicted octanol–water partition coefficient (Wildman–Crippen LogP) is 6.50. The van der Waals surface area contributed by atoms with Crippen molar-refractivity contribution in [3.8, 4) is 17.7 Å². The van der Waals surface area contributed by atoms with Gasteiger partial charge in [0.15, 0.2) is 0 Å². The fraction of sp³-hybridized carbons (Fsp3) is 0.400. The van der Waals surface area contributed by atoms with Crippen molar-refractivity contribution in [2.24, 2.45) is 5.92 Å². The van der Waals surface area contributed by atoms with Gasteiger partial charge in [0.1, 0.15) is 17.5 Å². The van der Waals surface area contributed by atoms with Crippen LogP contribution in [0.4, 0.5) is 0 Å². The minimum absolute atomic E-state index is 0.0341. The molecule has 174 valence electrons. The molecule has 1 N–H and O–H groups in total. The molecule has 0 amide bonds. The highest BCUT2D eigenvalue weighted by molar-refractivity contribution is 5.46. The Bertz CT molecular complexity index is 1200. The summed E-state index contributed by atoms with van der Waals surface area (Å²) in [6.45, 7) is 2.17. The van der Waals surface area contributed by atoms with Crippen molar-refractivity contribution in [2.75, 3.05) is 0 Å². The zero-order valence-corrected chi connectivity index (χ0v) is 19.8. The lowest BCUT2D eigenvalue weighted by Crippen LogP contribution is -2.51. The highest BCUT2D eigenvalue weighted by atomic mass is 16.5. The lowest BCUT2D eigenvalue weighted by Gasteiger charge is -2.53. The molecule has 0 saturated heterocycles. The Labute approximate surface area is 202 Å². The van der Waals surface area contributed by atoms with Gasteiger partial charge < -0.3 is 9.84 Å². The van der Waals surface area contributed by atoms with Gasteiger partial charge >= 0.3 is 0 Å². The summed E-state index contributed by atoms with van der Waals surface area (Å²) in [6.07, 6.45) is 7.72. The molecule has 1 saturated carbocycles. The van der Waals surface area contributed by atoms with Crippen molar-refractivity contribution in [1.82, 2.24) is 4.98 Å². The smallest absolute Gasteiger partial charge is 0.220 e. The molecule has 2 aromatic carbocycles. The molecule has 4 nitrogen and oxygen atoms in total. The molecule has 5 rings (SSSR count). The number of benzene rings is 2. The zero-order chi connectivity index (χ0) is 23.6. The molecule has 2 aliphatic rings. The molecule has 0 aliphatic heterocycles. The van der Waals surface area contributed by atoms with Crippen LogP contribution < -0.4 is 4.74 Å². The van der Waals surface area contributed by atoms with Gasteiger partial charge in [0.2, 0.25) is 5.88 Å². The van der Waals surface area contributed by atoms with Gasteiger partial charge in [-0.05, 0) is 85.8 Å². The maximum Gasteiger partial charge on any atom is 0.220 e. The van der Waals surface area contributed by atoms with Crippen LogP contribution in [0.2, 0.25) is 0 Å². The summed E-state index contributed by atoms with van der Waals surface area (Å²) >= 11 is 0. The standard InChI is InChI=1S/C30H32N2O2/c1-2-15-29(33)16-17-30(19-22-7-4-3-5-8-22)24(20-29)12-11-23-18-26(13-14-27(23)30)34-28-10-6-9-25(21-31)32-28/h3-10,13-14,18,24,33H,2,11-12,15-17,19-20H2,1H3/t24-,29-,30+/m1/s1. The number of nitrogens with zero attached hydrogens (tertiary/aromatic N) is 2. The highest BCUT2D eigenvalue weighted by Crippen LogP contribution is 2.55. The number of rotatable bonds is 6. The number of hydrogen-bond donors (Lipinski definition) is 1. The van der Waals surface area contributed by atoms with Crippen LogP contribution in [0.5, 0.6) is 11.6 Å². The number of aryl methyl sites for hydroxylation is 1. The van der Waals surface area contributed by atoms with E-state index >= 15 is 0 Å². The van der Waals surface area contributed by atoms with Crippen molar-refractivity contribution in [3.63, 3.8) is 0 Å². The Hall–Kier alpha value is -3.16. The third-order valence-corrected chi connectivity index (χ3v) is 7.96. The first kappa shape index (κ1) is 22.6. The molecule has 4 heteroatoms. The van der Waals surface area contributed by atoms with Gasteiger partial charge in [-0.2, -0.15) is 5.26 Å². The van der Waals surface area contributed by atoms with Crippen molar-refractivity contribution in [2.45, 2.75) is 69.3 Å². The summed E-state index contributed by atoms with van der Waals surface area (Å²) in [7, 11) is 0. The summed E-state index contributed by atoms with van der Waals surface area (Å²) in [5.41, 5.74) is 3.96. The maximum atomic E-state index is 11.3. The number of ether oxygens (including phenoxy) is 1. The summed E-state index contributed by atoms with van der Waals surface area (Å²) in [6, 6.07) is 24.6. The molecule has 1 heterocycles. The van der Waals surface area contributed by atoms with E-state index in [0.29, 0.717) is 17.5 Å². The molecule has 1 aromatic heterocycles. The van der Waals surface area contributed by atoms with Gasteiger partial charge in [-0.3, -0.25) is 0 Å². The van der Waals surface area contributed by atoms with Crippen LogP contribution in [0.15, 0.2) is 66.7 Å². The molecule has 2 aliphatic carbocycles. The normalized spacial score (nSPS) is 25.6. The zero-order valence-electron chi connectivity index (χ0n) is 19.8. The van der Waals surface area contributed by atoms with Gasteiger partial charge in [0, 0.05) is 11.5 Å². The lowest BCUT2D eigenvalue weighted by atomic mass is 9.52. The van der Waals surface area contributed by atoms with Crippen LogP contribution in [-0.4, -0.2) is 15.7 Å². The Morgan fingerprint density at radius 1 is 1.09 bits per heavy atom. The Kier molecular flexibility index (Phi) is 6.15. The molecule has 34 heavy (non-hydrogen) atoms. The van der Waals surface area contributed by atoms with Gasteiger partial charge in [-0.15, -0.1) is 0 Å². The van der Waals surface area contributed by atoms with Gasteiger partial charge in [-0.1, -0.05) is 55.8 Å². The number of fused-ring (bicyclic) bond motifs is 3. The highest BCUT2D eigenvalue weighted by Gasteiger charge is 2.51. The topological polar surface area (TPSA) is 66.1 Å². The van der Waals surface area contributed by atoms with Crippen molar-refractivity contribution >= 4 is 0 Å². The quantitative estimate of drug-likeness (QED) is 0.463. The minimum Gasteiger partial charge on any atom is -0.439 e. The van der Waals surface area contributed by atoms with Crippen LogP contribution >= 0.6 is 0 Å². The largest absolute Gasteiger partial charge is 0.439 e. The van der Waals surface area contributed by atoms with E-state index in [1.165, 1.54) is 16.7 Å². The lowest BCUT2D eigenvalue weighted by molar-refractivity contribution is -0.0565. The van der Waals surface area contributed by atoms with Gasteiger partial charge in [0.05, 0.1) is 5.60 Å². The van der Waals surface area contributed by atoms with E-state index in [1.807, 2.05) is 6.07 Å². The van der Waals surface area contributed by atoms with Crippen LogP contribution in [0.25, 0.3) is 0 Å². The molecule has 1 fully saturated rings. The van der Waals surface area contributed by atoms with Gasteiger partial charge in [-0.25, -0.2) is 4.98 Å². The second kappa shape index (κ2) is 9.24. The predicted molar refractivity (Wildman–Crippen MR) is 133 cm³/mol. The fourth-order valence-corrected chi connectivity index (χ4v) is 6.44. The second-order valence-electron chi connectivity index (χ2n) is 10.1. The molecule has 0 radical (unpaired) electrons. The monoisotopic (exact) mass is 452 g/mol. The fourth-order valence-electron chi connectivity index (χ4n) is 6.44. The third-order valence-electron chi connectivity index (χ3n) is 7.96. The second-order valence-corrected chi connectivity index (χ2v) is 10.1. The van der Waals surface area contributed by atoms with E-state index in [2.05, 4.69) is 60.4 Å². The van der Waals surface area contributed by atoms with Crippen molar-refractivity contribution < 1.29 is 9.84 Å². The number of aromatic nitrogens is 1. The van der Waals surface area contributed by atoms with E-state index in [4.69, 9.17) is 10.00 Å².